The van der Waals surface area contributed by atoms with Crippen molar-refractivity contribution in [2.75, 3.05) is 5.73 Å². The molecule has 0 atom stereocenters. The minimum Gasteiger partial charge on any atom is -0.455 e. The third kappa shape index (κ3) is 2.73. The van der Waals surface area contributed by atoms with Crippen molar-refractivity contribution in [1.29, 1.82) is 0 Å². The first-order valence-corrected chi connectivity index (χ1v) is 7.78. The van der Waals surface area contributed by atoms with Gasteiger partial charge < -0.3 is 10.5 Å². The lowest BCUT2D eigenvalue weighted by atomic mass is 10.1. The molecule has 3 rings (SSSR count). The zero-order chi connectivity index (χ0) is 14.1. The van der Waals surface area contributed by atoms with Crippen LogP contribution in [0.2, 0.25) is 0 Å². The molecule has 2 N–H and O–H groups in total. The molecule has 3 aromatic rings. The van der Waals surface area contributed by atoms with Crippen LogP contribution in [0, 0.1) is 3.57 Å². The van der Waals surface area contributed by atoms with Gasteiger partial charge >= 0.3 is 0 Å². The number of aromatic nitrogens is 1. The minimum atomic E-state index is 0.684. The van der Waals surface area contributed by atoms with Crippen LogP contribution in [0.25, 0.3) is 10.9 Å². The van der Waals surface area contributed by atoms with Crippen molar-refractivity contribution >= 4 is 55.1 Å². The summed E-state index contributed by atoms with van der Waals surface area (Å²) in [5, 5.41) is 0.877. The number of nitrogens with two attached hydrogens (primary N) is 1. The second-order valence-electron chi connectivity index (χ2n) is 4.26. The van der Waals surface area contributed by atoms with E-state index in [1.165, 1.54) is 3.57 Å². The lowest BCUT2D eigenvalue weighted by Crippen LogP contribution is -1.93. The first-order chi connectivity index (χ1) is 9.63. The summed E-state index contributed by atoms with van der Waals surface area (Å²) in [6.45, 7) is 0. The van der Waals surface area contributed by atoms with Gasteiger partial charge in [-0.3, -0.25) is 4.98 Å². The summed E-state index contributed by atoms with van der Waals surface area (Å²) in [4.78, 5) is 4.40. The number of nitrogens with zero attached hydrogens (tertiary/aromatic N) is 1. The summed E-state index contributed by atoms with van der Waals surface area (Å²) >= 11 is 5.67. The monoisotopic (exact) mass is 440 g/mol. The van der Waals surface area contributed by atoms with Crippen molar-refractivity contribution < 1.29 is 4.74 Å². The van der Waals surface area contributed by atoms with Crippen LogP contribution in [0.1, 0.15) is 0 Å². The number of rotatable bonds is 2. The first-order valence-electron chi connectivity index (χ1n) is 5.90. The predicted octanol–water partition coefficient (Wildman–Crippen LogP) is 4.98. The Labute approximate surface area is 138 Å². The van der Waals surface area contributed by atoms with Crippen molar-refractivity contribution in [3.63, 3.8) is 0 Å². The van der Waals surface area contributed by atoms with Crippen molar-refractivity contribution in [3.05, 3.63) is 56.7 Å². The van der Waals surface area contributed by atoms with Crippen molar-refractivity contribution in [1.82, 2.24) is 4.98 Å². The topological polar surface area (TPSA) is 48.1 Å². The van der Waals surface area contributed by atoms with Crippen LogP contribution in [0.15, 0.2) is 53.1 Å². The molecule has 3 nitrogen and oxygen atoms in total. The van der Waals surface area contributed by atoms with Gasteiger partial charge in [-0.2, -0.15) is 0 Å². The molecule has 1 aromatic heterocycles. The lowest BCUT2D eigenvalue weighted by Gasteiger charge is -2.10. The Kier molecular flexibility index (Phi) is 3.80. The van der Waals surface area contributed by atoms with Gasteiger partial charge in [-0.15, -0.1) is 0 Å². The van der Waals surface area contributed by atoms with Crippen LogP contribution in [0.4, 0.5) is 5.69 Å². The Morgan fingerprint density at radius 2 is 1.85 bits per heavy atom. The maximum Gasteiger partial charge on any atom is 0.153 e. The van der Waals surface area contributed by atoms with Crippen LogP contribution in [-0.4, -0.2) is 4.98 Å². The molecule has 0 amide bonds. The number of hydrogen-bond acceptors (Lipinski definition) is 3. The van der Waals surface area contributed by atoms with Crippen LogP contribution in [-0.2, 0) is 0 Å². The summed E-state index contributed by atoms with van der Waals surface area (Å²) in [5.74, 6) is 1.48. The Hall–Kier alpha value is -1.34. The highest BCUT2D eigenvalue weighted by Crippen LogP contribution is 2.33. The van der Waals surface area contributed by atoms with E-state index in [0.717, 1.165) is 21.1 Å². The van der Waals surface area contributed by atoms with Gasteiger partial charge in [0.25, 0.3) is 0 Å². The predicted molar refractivity (Wildman–Crippen MR) is 93.1 cm³/mol. The molecule has 0 saturated heterocycles. The zero-order valence-electron chi connectivity index (χ0n) is 10.3. The summed E-state index contributed by atoms with van der Waals surface area (Å²) in [7, 11) is 0. The highest BCUT2D eigenvalue weighted by Gasteiger charge is 2.08. The number of nitrogen functional groups attached to an aromatic ring is 1. The standard InChI is InChI=1S/C15H10BrIN2O/c16-9-7-12-13(18)5-6-14(15(12)19-8-9)20-11-3-1-10(17)2-4-11/h1-8H,18H2. The summed E-state index contributed by atoms with van der Waals surface area (Å²) in [5.41, 5.74) is 7.43. The Morgan fingerprint density at radius 3 is 2.60 bits per heavy atom. The molecule has 0 fully saturated rings. The fraction of sp³-hybridized carbons (Fsp3) is 0. The first kappa shape index (κ1) is 13.6. The summed E-state index contributed by atoms with van der Waals surface area (Å²) < 4.78 is 7.96. The molecule has 20 heavy (non-hydrogen) atoms. The van der Waals surface area contributed by atoms with E-state index < -0.39 is 0 Å². The van der Waals surface area contributed by atoms with E-state index in [1.54, 1.807) is 6.20 Å². The molecule has 0 aliphatic rings. The van der Waals surface area contributed by atoms with Crippen molar-refractivity contribution in [2.24, 2.45) is 0 Å². The highest BCUT2D eigenvalue weighted by atomic mass is 127. The fourth-order valence-corrected chi connectivity index (χ4v) is 2.59. The van der Waals surface area contributed by atoms with E-state index in [-0.39, 0.29) is 0 Å². The van der Waals surface area contributed by atoms with E-state index >= 15 is 0 Å². The van der Waals surface area contributed by atoms with Crippen LogP contribution < -0.4 is 10.5 Å². The van der Waals surface area contributed by atoms with E-state index in [0.29, 0.717) is 11.4 Å². The van der Waals surface area contributed by atoms with Crippen LogP contribution >= 0.6 is 38.5 Å². The molecule has 0 unspecified atom stereocenters. The summed E-state index contributed by atoms with van der Waals surface area (Å²) in [6.07, 6.45) is 1.74. The van der Waals surface area contributed by atoms with Gasteiger partial charge in [0.15, 0.2) is 5.75 Å². The number of anilines is 1. The normalized spacial score (nSPS) is 10.7. The van der Waals surface area contributed by atoms with Gasteiger partial charge in [-0.05, 0) is 81.0 Å². The maximum absolute atomic E-state index is 5.99. The number of pyridine rings is 1. The molecule has 0 aliphatic heterocycles. The van der Waals surface area contributed by atoms with Crippen LogP contribution in [0.3, 0.4) is 0 Å². The number of ether oxygens (including phenoxy) is 1. The molecule has 2 aromatic carbocycles. The van der Waals surface area contributed by atoms with Gasteiger partial charge in [0.2, 0.25) is 0 Å². The minimum absolute atomic E-state index is 0.684. The average Bonchev–Trinajstić information content (AvgIpc) is 2.44. The fourth-order valence-electron chi connectivity index (χ4n) is 1.90. The Balaban J connectivity index is 2.08. The largest absolute Gasteiger partial charge is 0.455 e. The highest BCUT2D eigenvalue weighted by molar-refractivity contribution is 14.1. The molecule has 0 saturated carbocycles. The molecule has 1 heterocycles. The van der Waals surface area contributed by atoms with Gasteiger partial charge in [0, 0.05) is 25.3 Å². The van der Waals surface area contributed by atoms with E-state index in [1.807, 2.05) is 42.5 Å². The molecule has 0 spiro atoms. The smallest absolute Gasteiger partial charge is 0.153 e. The molecule has 5 heteroatoms. The number of halogens is 2. The molecule has 0 aliphatic carbocycles. The maximum atomic E-state index is 5.99. The Bertz CT molecular complexity index is 775. The van der Waals surface area contributed by atoms with E-state index in [9.17, 15) is 0 Å². The number of benzene rings is 2. The van der Waals surface area contributed by atoms with Crippen molar-refractivity contribution in [2.45, 2.75) is 0 Å². The van der Waals surface area contributed by atoms with E-state index in [4.69, 9.17) is 10.5 Å². The second kappa shape index (κ2) is 5.57. The van der Waals surface area contributed by atoms with Gasteiger partial charge in [0.05, 0.1) is 0 Å². The third-order valence-electron chi connectivity index (χ3n) is 2.85. The van der Waals surface area contributed by atoms with Gasteiger partial charge in [-0.25, -0.2) is 0 Å². The molecular formula is C15H10BrIN2O. The van der Waals surface area contributed by atoms with Gasteiger partial charge in [0.1, 0.15) is 11.3 Å². The Morgan fingerprint density at radius 1 is 1.10 bits per heavy atom. The van der Waals surface area contributed by atoms with E-state index in [2.05, 4.69) is 43.5 Å². The van der Waals surface area contributed by atoms with Gasteiger partial charge in [-0.1, -0.05) is 0 Å². The number of hydrogen-bond donors (Lipinski definition) is 1. The molecular weight excluding hydrogens is 431 g/mol. The van der Waals surface area contributed by atoms with Crippen LogP contribution in [0.5, 0.6) is 11.5 Å². The van der Waals surface area contributed by atoms with Crippen molar-refractivity contribution in [3.8, 4) is 11.5 Å². The number of fused-ring (bicyclic) bond motifs is 1. The third-order valence-corrected chi connectivity index (χ3v) is 4.01. The summed E-state index contributed by atoms with van der Waals surface area (Å²) in [6, 6.07) is 13.5. The average molecular weight is 441 g/mol. The molecule has 0 bridgehead atoms. The zero-order valence-corrected chi connectivity index (χ0v) is 14.1. The lowest BCUT2D eigenvalue weighted by molar-refractivity contribution is 0.487. The second-order valence-corrected chi connectivity index (χ2v) is 6.42. The SMILES string of the molecule is Nc1ccc(Oc2ccc(I)cc2)c2ncc(Br)cc12. The molecule has 100 valence electrons. The molecule has 0 radical (unpaired) electrons. The quantitative estimate of drug-likeness (QED) is 0.451.